The number of rotatable bonds is 10. The van der Waals surface area contributed by atoms with E-state index in [1.807, 2.05) is 6.92 Å². The molecule has 3 aromatic rings. The van der Waals surface area contributed by atoms with E-state index in [1.54, 1.807) is 43.3 Å². The first-order chi connectivity index (χ1) is 18.0. The molecule has 1 atom stereocenters. The Morgan fingerprint density at radius 3 is 2.18 bits per heavy atom. The SMILES string of the molecule is CNC(=O)[C@@H](C)N(Cc1ccc(Cl)cc1)C(=O)CN(c1ccc(OC)c(Cl)c1)S(=O)(=O)c1ccc(C)cc1. The van der Waals surface area contributed by atoms with Crippen LogP contribution in [-0.2, 0) is 26.2 Å². The van der Waals surface area contributed by atoms with Crippen LogP contribution in [0.5, 0.6) is 5.75 Å². The number of nitrogens with zero attached hydrogens (tertiary/aromatic N) is 2. The summed E-state index contributed by atoms with van der Waals surface area (Å²) >= 11 is 12.3. The Morgan fingerprint density at radius 1 is 1.00 bits per heavy atom. The molecule has 0 unspecified atom stereocenters. The number of anilines is 1. The van der Waals surface area contributed by atoms with E-state index in [9.17, 15) is 18.0 Å². The zero-order valence-electron chi connectivity index (χ0n) is 21.4. The normalized spacial score (nSPS) is 11.9. The van der Waals surface area contributed by atoms with E-state index in [4.69, 9.17) is 27.9 Å². The van der Waals surface area contributed by atoms with Crippen molar-refractivity contribution in [3.63, 3.8) is 0 Å². The van der Waals surface area contributed by atoms with Gasteiger partial charge < -0.3 is 15.0 Å². The number of hydrogen-bond acceptors (Lipinski definition) is 5. The average molecular weight is 579 g/mol. The van der Waals surface area contributed by atoms with Gasteiger partial charge in [-0.15, -0.1) is 0 Å². The highest BCUT2D eigenvalue weighted by molar-refractivity contribution is 7.92. The molecule has 202 valence electrons. The highest BCUT2D eigenvalue weighted by atomic mass is 35.5. The van der Waals surface area contributed by atoms with Crippen molar-refractivity contribution in [3.8, 4) is 5.75 Å². The quantitative estimate of drug-likeness (QED) is 0.378. The van der Waals surface area contributed by atoms with E-state index in [1.165, 1.54) is 49.4 Å². The first-order valence-corrected chi connectivity index (χ1v) is 13.9. The van der Waals surface area contributed by atoms with Crippen LogP contribution in [-0.4, -0.2) is 51.9 Å². The number of amides is 2. The Labute approximate surface area is 233 Å². The summed E-state index contributed by atoms with van der Waals surface area (Å²) in [5.41, 5.74) is 1.77. The number of carbonyl (C=O) groups is 2. The fourth-order valence-electron chi connectivity index (χ4n) is 3.75. The summed E-state index contributed by atoms with van der Waals surface area (Å²) in [6.45, 7) is 2.91. The van der Waals surface area contributed by atoms with Gasteiger partial charge in [0.2, 0.25) is 11.8 Å². The van der Waals surface area contributed by atoms with Gasteiger partial charge in [-0.25, -0.2) is 8.42 Å². The van der Waals surface area contributed by atoms with Gasteiger partial charge in [-0.05, 0) is 61.9 Å². The Bertz CT molecular complexity index is 1400. The van der Waals surface area contributed by atoms with Crippen molar-refractivity contribution in [1.82, 2.24) is 10.2 Å². The van der Waals surface area contributed by atoms with Crippen molar-refractivity contribution < 1.29 is 22.7 Å². The topological polar surface area (TPSA) is 96.0 Å². The van der Waals surface area contributed by atoms with Crippen molar-refractivity contribution in [2.24, 2.45) is 0 Å². The third-order valence-corrected chi connectivity index (χ3v) is 8.33. The maximum atomic E-state index is 13.8. The molecular formula is C27H29Cl2N3O5S. The lowest BCUT2D eigenvalue weighted by Crippen LogP contribution is -2.50. The average Bonchev–Trinajstić information content (AvgIpc) is 2.90. The molecule has 2 amide bonds. The summed E-state index contributed by atoms with van der Waals surface area (Å²) in [6.07, 6.45) is 0. The van der Waals surface area contributed by atoms with Gasteiger partial charge in [0.25, 0.3) is 10.0 Å². The second kappa shape index (κ2) is 12.5. The van der Waals surface area contributed by atoms with Gasteiger partial charge in [-0.3, -0.25) is 13.9 Å². The Hall–Kier alpha value is -3.27. The van der Waals surface area contributed by atoms with Crippen molar-refractivity contribution in [2.45, 2.75) is 31.3 Å². The molecule has 38 heavy (non-hydrogen) atoms. The van der Waals surface area contributed by atoms with Gasteiger partial charge in [0.15, 0.2) is 0 Å². The Kier molecular flexibility index (Phi) is 9.65. The lowest BCUT2D eigenvalue weighted by molar-refractivity contribution is -0.139. The molecule has 8 nitrogen and oxygen atoms in total. The van der Waals surface area contributed by atoms with Crippen molar-refractivity contribution >= 4 is 50.7 Å². The molecule has 0 saturated heterocycles. The summed E-state index contributed by atoms with van der Waals surface area (Å²) in [5, 5.41) is 3.25. The van der Waals surface area contributed by atoms with Gasteiger partial charge in [-0.2, -0.15) is 0 Å². The third kappa shape index (κ3) is 6.78. The van der Waals surface area contributed by atoms with Gasteiger partial charge in [0.05, 0.1) is 22.7 Å². The number of halogens is 2. The number of methoxy groups -OCH3 is 1. The van der Waals surface area contributed by atoms with Crippen LogP contribution in [0.25, 0.3) is 0 Å². The second-order valence-electron chi connectivity index (χ2n) is 8.58. The van der Waals surface area contributed by atoms with E-state index in [0.717, 1.165) is 15.4 Å². The number of nitrogens with one attached hydrogen (secondary N) is 1. The van der Waals surface area contributed by atoms with E-state index in [-0.39, 0.29) is 22.2 Å². The molecule has 0 aromatic heterocycles. The number of aryl methyl sites for hydroxylation is 1. The number of carbonyl (C=O) groups excluding carboxylic acids is 2. The molecule has 0 aliphatic heterocycles. The zero-order chi connectivity index (χ0) is 28.0. The first kappa shape index (κ1) is 29.3. The minimum Gasteiger partial charge on any atom is -0.495 e. The molecule has 0 heterocycles. The smallest absolute Gasteiger partial charge is 0.264 e. The van der Waals surface area contributed by atoms with Crippen LogP contribution < -0.4 is 14.4 Å². The van der Waals surface area contributed by atoms with Crippen LogP contribution >= 0.6 is 23.2 Å². The Morgan fingerprint density at radius 2 is 1.63 bits per heavy atom. The van der Waals surface area contributed by atoms with E-state index in [0.29, 0.717) is 10.8 Å². The number of hydrogen-bond donors (Lipinski definition) is 1. The molecule has 3 rings (SSSR count). The summed E-state index contributed by atoms with van der Waals surface area (Å²) in [6, 6.07) is 16.7. The molecule has 0 fully saturated rings. The molecule has 3 aromatic carbocycles. The lowest BCUT2D eigenvalue weighted by Gasteiger charge is -2.32. The monoisotopic (exact) mass is 577 g/mol. The van der Waals surface area contributed by atoms with Crippen LogP contribution in [0.15, 0.2) is 71.6 Å². The number of sulfonamides is 1. The minimum atomic E-state index is -4.20. The summed E-state index contributed by atoms with van der Waals surface area (Å²) in [7, 11) is -1.28. The molecule has 0 aliphatic rings. The standard InChI is InChI=1S/C27H29Cl2N3O5S/c1-18-5-12-23(13-6-18)38(35,36)32(22-11-14-25(37-4)24(29)15-22)17-26(33)31(19(2)27(34)30-3)16-20-7-9-21(28)10-8-20/h5-15,19H,16-17H2,1-4H3,(H,30,34)/t19-/m1/s1. The number of ether oxygens (including phenoxy) is 1. The minimum absolute atomic E-state index is 0.00596. The van der Waals surface area contributed by atoms with Crippen molar-refractivity contribution in [2.75, 3.05) is 25.0 Å². The molecule has 0 spiro atoms. The highest BCUT2D eigenvalue weighted by Gasteiger charge is 2.32. The third-order valence-electron chi connectivity index (χ3n) is 5.99. The fourth-order valence-corrected chi connectivity index (χ4v) is 5.54. The van der Waals surface area contributed by atoms with Crippen LogP contribution in [0.3, 0.4) is 0 Å². The fraction of sp³-hybridized carbons (Fsp3) is 0.259. The maximum Gasteiger partial charge on any atom is 0.264 e. The van der Waals surface area contributed by atoms with Crippen LogP contribution in [0.4, 0.5) is 5.69 Å². The van der Waals surface area contributed by atoms with Gasteiger partial charge >= 0.3 is 0 Å². The highest BCUT2D eigenvalue weighted by Crippen LogP contribution is 2.32. The molecule has 0 saturated carbocycles. The Balaban J connectivity index is 2.06. The van der Waals surface area contributed by atoms with Crippen LogP contribution in [0.1, 0.15) is 18.1 Å². The first-order valence-electron chi connectivity index (χ1n) is 11.7. The van der Waals surface area contributed by atoms with Crippen LogP contribution in [0, 0.1) is 6.92 Å². The van der Waals surface area contributed by atoms with Gasteiger partial charge in [-0.1, -0.05) is 53.0 Å². The zero-order valence-corrected chi connectivity index (χ0v) is 23.8. The lowest BCUT2D eigenvalue weighted by atomic mass is 10.1. The summed E-state index contributed by atoms with van der Waals surface area (Å²) in [4.78, 5) is 27.6. The molecular weight excluding hydrogens is 549 g/mol. The molecule has 11 heteroatoms. The predicted octanol–water partition coefficient (Wildman–Crippen LogP) is 4.67. The number of likely N-dealkylation sites (N-methyl/N-ethyl adjacent to an activating group) is 1. The maximum absolute atomic E-state index is 13.8. The van der Waals surface area contributed by atoms with Crippen molar-refractivity contribution in [3.05, 3.63) is 87.9 Å². The summed E-state index contributed by atoms with van der Waals surface area (Å²) in [5.74, 6) is -0.626. The van der Waals surface area contributed by atoms with Crippen molar-refractivity contribution in [1.29, 1.82) is 0 Å². The predicted molar refractivity (Wildman–Crippen MR) is 149 cm³/mol. The molecule has 0 radical (unpaired) electrons. The van der Waals surface area contributed by atoms with Gasteiger partial charge in [0.1, 0.15) is 18.3 Å². The molecule has 0 aliphatic carbocycles. The molecule has 1 N–H and O–H groups in total. The van der Waals surface area contributed by atoms with E-state index >= 15 is 0 Å². The van der Waals surface area contributed by atoms with Gasteiger partial charge in [0, 0.05) is 18.6 Å². The number of benzene rings is 3. The largest absolute Gasteiger partial charge is 0.495 e. The van der Waals surface area contributed by atoms with E-state index in [2.05, 4.69) is 5.32 Å². The van der Waals surface area contributed by atoms with Crippen LogP contribution in [0.2, 0.25) is 10.0 Å². The molecule has 0 bridgehead atoms. The summed E-state index contributed by atoms with van der Waals surface area (Å²) < 4.78 is 33.8. The second-order valence-corrected chi connectivity index (χ2v) is 11.3. The van der Waals surface area contributed by atoms with E-state index < -0.39 is 34.4 Å².